The smallest absolute Gasteiger partial charge is 0.131 e. The van der Waals surface area contributed by atoms with E-state index in [0.29, 0.717) is 6.42 Å². The van der Waals surface area contributed by atoms with Gasteiger partial charge in [0, 0.05) is 0 Å². The van der Waals surface area contributed by atoms with Gasteiger partial charge in [-0.3, -0.25) is 0 Å². The second kappa shape index (κ2) is 5.11. The van der Waals surface area contributed by atoms with Crippen LogP contribution in [0.15, 0.2) is 20.7 Å². The summed E-state index contributed by atoms with van der Waals surface area (Å²) in [7, 11) is 0. The summed E-state index contributed by atoms with van der Waals surface area (Å²) in [6.07, 6.45) is 2.08. The molecular weight excluding hydrogens is 317 g/mol. The third-order valence-corrected chi connectivity index (χ3v) is 4.80. The number of alkyl halides is 5. The molecule has 0 aliphatic carbocycles. The van der Waals surface area contributed by atoms with E-state index in [1.807, 2.05) is 6.92 Å². The SMILES string of the molecule is CCCCC1(C(Cl)(Cl)C(Cl)(Cl)Cl)N=NN=N1. The van der Waals surface area contributed by atoms with Crippen LogP contribution in [-0.2, 0) is 0 Å². The van der Waals surface area contributed by atoms with E-state index in [-0.39, 0.29) is 0 Å². The minimum absolute atomic E-state index is 0.414. The molecule has 4 nitrogen and oxygen atoms in total. The summed E-state index contributed by atoms with van der Waals surface area (Å²) >= 11 is 29.4. The van der Waals surface area contributed by atoms with E-state index >= 15 is 0 Å². The third kappa shape index (κ3) is 2.56. The molecule has 1 rings (SSSR count). The van der Waals surface area contributed by atoms with E-state index < -0.39 is 13.8 Å². The van der Waals surface area contributed by atoms with Crippen LogP contribution in [-0.4, -0.2) is 13.8 Å². The molecule has 0 saturated carbocycles. The van der Waals surface area contributed by atoms with E-state index in [4.69, 9.17) is 58.0 Å². The molecule has 92 valence electrons. The second-order valence-electron chi connectivity index (χ2n) is 3.37. The Labute approximate surface area is 118 Å². The molecule has 0 bridgehead atoms. The summed E-state index contributed by atoms with van der Waals surface area (Å²) in [5.41, 5.74) is -1.32. The lowest BCUT2D eigenvalue weighted by Gasteiger charge is -2.37. The minimum atomic E-state index is -1.94. The minimum Gasteiger partial charge on any atom is -0.131 e. The van der Waals surface area contributed by atoms with Crippen molar-refractivity contribution in [2.45, 2.75) is 40.0 Å². The highest BCUT2D eigenvalue weighted by Gasteiger charge is 2.63. The first kappa shape index (κ1) is 14.7. The highest BCUT2D eigenvalue weighted by atomic mass is 35.6. The molecule has 0 amide bonds. The number of hydrogen-bond donors (Lipinski definition) is 0. The van der Waals surface area contributed by atoms with Gasteiger partial charge in [0.25, 0.3) is 0 Å². The van der Waals surface area contributed by atoms with Gasteiger partial charge in [-0.15, -0.1) is 10.2 Å². The highest BCUT2D eigenvalue weighted by molar-refractivity contribution is 6.75. The highest BCUT2D eigenvalue weighted by Crippen LogP contribution is 2.56. The molecule has 0 fully saturated rings. The normalized spacial score (nSPS) is 19.4. The van der Waals surface area contributed by atoms with Crippen LogP contribution in [0.5, 0.6) is 0 Å². The number of rotatable bonds is 4. The number of hydrogen-bond acceptors (Lipinski definition) is 4. The summed E-state index contributed by atoms with van der Waals surface area (Å²) < 4.78 is -3.75. The van der Waals surface area contributed by atoms with Crippen molar-refractivity contribution in [3.63, 3.8) is 0 Å². The third-order valence-electron chi connectivity index (χ3n) is 2.20. The van der Waals surface area contributed by atoms with Gasteiger partial charge in [-0.1, -0.05) is 71.3 Å². The Morgan fingerprint density at radius 2 is 1.50 bits per heavy atom. The quantitative estimate of drug-likeness (QED) is 0.634. The zero-order valence-corrected chi connectivity index (χ0v) is 12.1. The van der Waals surface area contributed by atoms with Crippen molar-refractivity contribution >= 4 is 58.0 Å². The summed E-state index contributed by atoms with van der Waals surface area (Å²) in [5, 5.41) is 14.5. The van der Waals surface area contributed by atoms with E-state index in [2.05, 4.69) is 20.7 Å². The molecule has 16 heavy (non-hydrogen) atoms. The van der Waals surface area contributed by atoms with Gasteiger partial charge < -0.3 is 0 Å². The first-order chi connectivity index (χ1) is 7.27. The van der Waals surface area contributed by atoms with Crippen molar-refractivity contribution in [3.05, 3.63) is 0 Å². The standard InChI is InChI=1S/C7H9Cl5N4/c1-2-3-4-5(13-15-16-14-5)6(8,9)7(10,11)12/h2-4H2,1H3. The zero-order valence-electron chi connectivity index (χ0n) is 8.30. The Bertz CT molecular complexity index is 296. The van der Waals surface area contributed by atoms with Crippen molar-refractivity contribution < 1.29 is 0 Å². The molecule has 0 aromatic carbocycles. The average molecular weight is 326 g/mol. The maximum absolute atomic E-state index is 6.07. The van der Waals surface area contributed by atoms with Gasteiger partial charge >= 0.3 is 0 Å². The molecule has 0 aromatic rings. The Hall–Kier alpha value is 0.650. The molecule has 1 aliphatic heterocycles. The fourth-order valence-electron chi connectivity index (χ4n) is 1.24. The van der Waals surface area contributed by atoms with Crippen LogP contribution in [0.3, 0.4) is 0 Å². The number of nitrogens with zero attached hydrogens (tertiary/aromatic N) is 4. The van der Waals surface area contributed by atoms with Gasteiger partial charge in [-0.25, -0.2) is 0 Å². The molecule has 1 heterocycles. The van der Waals surface area contributed by atoms with E-state index in [1.54, 1.807) is 0 Å². The predicted octanol–water partition coefficient (Wildman–Crippen LogP) is 5.25. The van der Waals surface area contributed by atoms with Crippen molar-refractivity contribution in [1.29, 1.82) is 0 Å². The van der Waals surface area contributed by atoms with Gasteiger partial charge in [-0.2, -0.15) is 0 Å². The van der Waals surface area contributed by atoms with Gasteiger partial charge in [0.1, 0.15) is 0 Å². The van der Waals surface area contributed by atoms with Gasteiger partial charge in [0.05, 0.1) is 0 Å². The largest absolute Gasteiger partial charge is 0.232 e. The van der Waals surface area contributed by atoms with E-state index in [1.165, 1.54) is 0 Å². The van der Waals surface area contributed by atoms with E-state index in [0.717, 1.165) is 12.8 Å². The van der Waals surface area contributed by atoms with Crippen LogP contribution in [0.4, 0.5) is 0 Å². The van der Waals surface area contributed by atoms with E-state index in [9.17, 15) is 0 Å². The monoisotopic (exact) mass is 324 g/mol. The van der Waals surface area contributed by atoms with Gasteiger partial charge in [-0.05, 0) is 23.3 Å². The zero-order chi connectivity index (χ0) is 12.4. The van der Waals surface area contributed by atoms with Crippen molar-refractivity contribution in [2.24, 2.45) is 20.7 Å². The fourth-order valence-corrected chi connectivity index (χ4v) is 2.03. The molecule has 0 radical (unpaired) electrons. The lowest BCUT2D eigenvalue weighted by molar-refractivity contribution is 0.350. The molecule has 0 atom stereocenters. The fraction of sp³-hybridized carbons (Fsp3) is 1.00. The summed E-state index contributed by atoms with van der Waals surface area (Å²) in [5.74, 6) is 0. The van der Waals surface area contributed by atoms with Gasteiger partial charge in [0.2, 0.25) is 13.8 Å². The van der Waals surface area contributed by atoms with Crippen LogP contribution >= 0.6 is 58.0 Å². The van der Waals surface area contributed by atoms with Crippen molar-refractivity contribution in [2.75, 3.05) is 0 Å². The molecule has 0 N–H and O–H groups in total. The van der Waals surface area contributed by atoms with Crippen LogP contribution in [0.1, 0.15) is 26.2 Å². The predicted molar refractivity (Wildman–Crippen MR) is 66.7 cm³/mol. The molecular formula is C7H9Cl5N4. The van der Waals surface area contributed by atoms with Crippen LogP contribution in [0, 0.1) is 0 Å². The summed E-state index contributed by atoms with van der Waals surface area (Å²) in [4.78, 5) is 0. The maximum Gasteiger partial charge on any atom is 0.232 e. The number of unbranched alkanes of at least 4 members (excludes halogenated alkanes) is 1. The molecule has 1 aliphatic rings. The second-order valence-corrected chi connectivity index (χ2v) is 6.98. The molecule has 0 saturated heterocycles. The summed E-state index contributed by atoms with van der Waals surface area (Å²) in [6, 6.07) is 0. The van der Waals surface area contributed by atoms with Gasteiger partial charge in [0.15, 0.2) is 0 Å². The first-order valence-electron chi connectivity index (χ1n) is 4.55. The lowest BCUT2D eigenvalue weighted by Crippen LogP contribution is -2.50. The maximum atomic E-state index is 6.07. The Balaban J connectivity index is 3.03. The van der Waals surface area contributed by atoms with Crippen molar-refractivity contribution in [3.8, 4) is 0 Å². The Kier molecular flexibility index (Phi) is 4.69. The first-order valence-corrected chi connectivity index (χ1v) is 6.44. The van der Waals surface area contributed by atoms with Crippen LogP contribution in [0.25, 0.3) is 0 Å². The molecule has 0 aromatic heterocycles. The Morgan fingerprint density at radius 3 is 1.88 bits per heavy atom. The Morgan fingerprint density at radius 1 is 1.00 bits per heavy atom. The van der Waals surface area contributed by atoms with Crippen LogP contribution < -0.4 is 0 Å². The molecule has 9 heteroatoms. The molecule has 0 unspecified atom stereocenters. The molecule has 0 spiro atoms. The lowest BCUT2D eigenvalue weighted by atomic mass is 10.0. The van der Waals surface area contributed by atoms with Crippen LogP contribution in [0.2, 0.25) is 0 Å². The van der Waals surface area contributed by atoms with Crippen molar-refractivity contribution in [1.82, 2.24) is 0 Å². The summed E-state index contributed by atoms with van der Waals surface area (Å²) in [6.45, 7) is 2.00. The topological polar surface area (TPSA) is 49.4 Å². The average Bonchev–Trinajstić information content (AvgIpc) is 2.62. The number of halogens is 5.